The molecular weight excluding hydrogens is 204 g/mol. The van der Waals surface area contributed by atoms with E-state index in [9.17, 15) is 4.79 Å². The summed E-state index contributed by atoms with van der Waals surface area (Å²) in [4.78, 5) is 15.7. The van der Waals surface area contributed by atoms with Crippen molar-refractivity contribution in [2.75, 3.05) is 13.6 Å². The van der Waals surface area contributed by atoms with E-state index in [-0.39, 0.29) is 11.9 Å². The number of hydrogen-bond donors (Lipinski definition) is 2. The second kappa shape index (κ2) is 6.27. The van der Waals surface area contributed by atoms with Gasteiger partial charge >= 0.3 is 0 Å². The second-order valence-electron chi connectivity index (χ2n) is 4.11. The highest BCUT2D eigenvalue weighted by molar-refractivity contribution is 5.75. The first-order chi connectivity index (χ1) is 7.61. The van der Waals surface area contributed by atoms with E-state index in [1.165, 1.54) is 0 Å². The van der Waals surface area contributed by atoms with E-state index in [4.69, 9.17) is 0 Å². The van der Waals surface area contributed by atoms with Gasteiger partial charge in [-0.15, -0.1) is 0 Å². The third-order valence-corrected chi connectivity index (χ3v) is 2.09. The number of likely N-dealkylation sites (N-methyl/N-ethyl adjacent to an activating group) is 1. The maximum Gasteiger partial charge on any atom is 0.240 e. The van der Waals surface area contributed by atoms with Gasteiger partial charge in [-0.05, 0) is 20.9 Å². The number of amides is 1. The molecule has 0 fully saturated rings. The van der Waals surface area contributed by atoms with E-state index in [2.05, 4.69) is 15.6 Å². The van der Waals surface area contributed by atoms with E-state index in [0.29, 0.717) is 6.54 Å². The van der Waals surface area contributed by atoms with Gasteiger partial charge in [0.1, 0.15) is 6.54 Å². The lowest BCUT2D eigenvalue weighted by atomic mass is 10.3. The number of nitrogens with zero attached hydrogens (tertiary/aromatic N) is 2. The minimum Gasteiger partial charge on any atom is -0.352 e. The third kappa shape index (κ3) is 4.44. The average Bonchev–Trinajstić information content (AvgIpc) is 2.61. The van der Waals surface area contributed by atoms with E-state index in [1.54, 1.807) is 6.33 Å². The van der Waals surface area contributed by atoms with Gasteiger partial charge in [0.05, 0.1) is 12.0 Å². The molecular formula is C11H20N4O. The van der Waals surface area contributed by atoms with Crippen molar-refractivity contribution in [3.05, 3.63) is 18.2 Å². The fourth-order valence-electron chi connectivity index (χ4n) is 1.41. The van der Waals surface area contributed by atoms with Crippen molar-refractivity contribution in [1.82, 2.24) is 20.2 Å². The highest BCUT2D eigenvalue weighted by atomic mass is 16.2. The maximum atomic E-state index is 11.5. The van der Waals surface area contributed by atoms with Gasteiger partial charge in [-0.1, -0.05) is 0 Å². The molecule has 0 unspecified atom stereocenters. The second-order valence-corrected chi connectivity index (χ2v) is 4.11. The summed E-state index contributed by atoms with van der Waals surface area (Å²) in [5.41, 5.74) is 1.01. The topological polar surface area (TPSA) is 59.0 Å². The van der Waals surface area contributed by atoms with Crippen LogP contribution in [0.25, 0.3) is 0 Å². The van der Waals surface area contributed by atoms with Crippen LogP contribution in [-0.4, -0.2) is 35.1 Å². The Balaban J connectivity index is 2.42. The molecule has 0 saturated carbocycles. The summed E-state index contributed by atoms with van der Waals surface area (Å²) < 4.78 is 1.81. The molecule has 1 aromatic heterocycles. The Hall–Kier alpha value is -1.36. The van der Waals surface area contributed by atoms with Crippen molar-refractivity contribution in [3.8, 4) is 0 Å². The van der Waals surface area contributed by atoms with Gasteiger partial charge in [0.15, 0.2) is 0 Å². The van der Waals surface area contributed by atoms with Crippen molar-refractivity contribution in [2.24, 2.45) is 0 Å². The van der Waals surface area contributed by atoms with Gasteiger partial charge in [-0.3, -0.25) is 4.79 Å². The van der Waals surface area contributed by atoms with Gasteiger partial charge in [0, 0.05) is 25.2 Å². The van der Waals surface area contributed by atoms with Crippen LogP contribution in [0, 0.1) is 0 Å². The Morgan fingerprint density at radius 1 is 1.56 bits per heavy atom. The Kier molecular flexibility index (Phi) is 4.98. The highest BCUT2D eigenvalue weighted by Gasteiger charge is 2.05. The lowest BCUT2D eigenvalue weighted by molar-refractivity contribution is -0.122. The van der Waals surface area contributed by atoms with Crippen molar-refractivity contribution in [3.63, 3.8) is 0 Å². The van der Waals surface area contributed by atoms with Crippen LogP contribution < -0.4 is 10.6 Å². The number of hydrogen-bond acceptors (Lipinski definition) is 3. The molecule has 0 aromatic carbocycles. The average molecular weight is 224 g/mol. The highest BCUT2D eigenvalue weighted by Crippen LogP contribution is 1.97. The third-order valence-electron chi connectivity index (χ3n) is 2.09. The van der Waals surface area contributed by atoms with Crippen LogP contribution >= 0.6 is 0 Å². The summed E-state index contributed by atoms with van der Waals surface area (Å²) in [6, 6.07) is 0.180. The van der Waals surface area contributed by atoms with Crippen LogP contribution in [0.15, 0.2) is 12.5 Å². The summed E-state index contributed by atoms with van der Waals surface area (Å²) in [7, 11) is 1.91. The molecule has 0 radical (unpaired) electrons. The summed E-state index contributed by atoms with van der Waals surface area (Å²) >= 11 is 0. The zero-order valence-electron chi connectivity index (χ0n) is 10.2. The van der Waals surface area contributed by atoms with Crippen LogP contribution in [0.4, 0.5) is 0 Å². The Morgan fingerprint density at radius 3 is 2.94 bits per heavy atom. The summed E-state index contributed by atoms with van der Waals surface area (Å²) in [5.74, 6) is 0.0209. The molecule has 0 saturated heterocycles. The van der Waals surface area contributed by atoms with Crippen molar-refractivity contribution >= 4 is 5.91 Å². The minimum absolute atomic E-state index is 0.0209. The molecule has 1 heterocycles. The van der Waals surface area contributed by atoms with E-state index in [1.807, 2.05) is 31.7 Å². The molecule has 1 rings (SSSR count). The van der Waals surface area contributed by atoms with Gasteiger partial charge in [0.25, 0.3) is 0 Å². The number of imidazole rings is 1. The quantitative estimate of drug-likeness (QED) is 0.724. The van der Waals surface area contributed by atoms with Crippen LogP contribution in [-0.2, 0) is 17.8 Å². The lowest BCUT2D eigenvalue weighted by Gasteiger charge is -2.08. The van der Waals surface area contributed by atoms with Crippen LogP contribution in [0.5, 0.6) is 0 Å². The molecule has 1 amide bonds. The molecule has 0 aliphatic carbocycles. The van der Waals surface area contributed by atoms with Crippen molar-refractivity contribution < 1.29 is 4.79 Å². The number of rotatable bonds is 6. The van der Waals surface area contributed by atoms with Gasteiger partial charge in [-0.25, -0.2) is 4.98 Å². The van der Waals surface area contributed by atoms with E-state index < -0.39 is 0 Å². The van der Waals surface area contributed by atoms with Crippen molar-refractivity contribution in [2.45, 2.75) is 32.9 Å². The molecule has 0 bridgehead atoms. The van der Waals surface area contributed by atoms with Crippen LogP contribution in [0.2, 0.25) is 0 Å². The fourth-order valence-corrected chi connectivity index (χ4v) is 1.41. The molecule has 5 nitrogen and oxygen atoms in total. The predicted molar refractivity (Wildman–Crippen MR) is 63.1 cm³/mol. The van der Waals surface area contributed by atoms with Gasteiger partial charge in [0.2, 0.25) is 5.91 Å². The zero-order chi connectivity index (χ0) is 12.0. The Labute approximate surface area is 96.3 Å². The molecule has 16 heavy (non-hydrogen) atoms. The molecule has 0 aliphatic heterocycles. The van der Waals surface area contributed by atoms with Crippen LogP contribution in [0.1, 0.15) is 19.5 Å². The molecule has 5 heteroatoms. The Bertz CT molecular complexity index is 332. The van der Waals surface area contributed by atoms with Crippen molar-refractivity contribution in [1.29, 1.82) is 0 Å². The normalized spacial score (nSPS) is 10.8. The predicted octanol–water partition coefficient (Wildman–Crippen LogP) is 0.170. The number of aromatic nitrogens is 2. The first-order valence-electron chi connectivity index (χ1n) is 5.56. The van der Waals surface area contributed by atoms with Gasteiger partial charge < -0.3 is 15.2 Å². The van der Waals surface area contributed by atoms with E-state index in [0.717, 1.165) is 18.7 Å². The molecule has 0 spiro atoms. The summed E-state index contributed by atoms with van der Waals surface area (Å²) in [5, 5.41) is 5.91. The van der Waals surface area contributed by atoms with E-state index >= 15 is 0 Å². The smallest absolute Gasteiger partial charge is 0.240 e. The molecule has 0 aliphatic rings. The van der Waals surface area contributed by atoms with Crippen LogP contribution in [0.3, 0.4) is 0 Å². The summed E-state index contributed by atoms with van der Waals surface area (Å²) in [6.45, 7) is 5.13. The fraction of sp³-hybridized carbons (Fsp3) is 0.636. The molecule has 90 valence electrons. The standard InChI is InChI=1S/C11H20N4O/c1-9(2)14-11(16)7-15-6-10(13-8-15)4-5-12-3/h6,8-9,12H,4-5,7H2,1-3H3,(H,14,16). The molecule has 2 N–H and O–H groups in total. The number of carbonyl (C=O) groups is 1. The lowest BCUT2D eigenvalue weighted by Crippen LogP contribution is -2.32. The Morgan fingerprint density at radius 2 is 2.31 bits per heavy atom. The number of nitrogens with one attached hydrogen (secondary N) is 2. The zero-order valence-corrected chi connectivity index (χ0v) is 10.2. The SMILES string of the molecule is CNCCc1cn(CC(=O)NC(C)C)cn1. The van der Waals surface area contributed by atoms with Gasteiger partial charge in [-0.2, -0.15) is 0 Å². The minimum atomic E-state index is 0.0209. The number of carbonyl (C=O) groups excluding carboxylic acids is 1. The largest absolute Gasteiger partial charge is 0.352 e. The first kappa shape index (κ1) is 12.7. The molecule has 0 atom stereocenters. The summed E-state index contributed by atoms with van der Waals surface area (Å²) in [6.07, 6.45) is 4.50. The maximum absolute atomic E-state index is 11.5. The first-order valence-corrected chi connectivity index (χ1v) is 5.56. The molecule has 1 aromatic rings. The monoisotopic (exact) mass is 224 g/mol.